The Kier molecular flexibility index (Phi) is 11.0. The lowest BCUT2D eigenvalue weighted by molar-refractivity contribution is -0.132. The highest BCUT2D eigenvalue weighted by Gasteiger charge is 2.41. The van der Waals surface area contributed by atoms with E-state index in [1.54, 1.807) is 71.0 Å². The largest absolute Gasteiger partial charge is 0.475 e. The lowest BCUT2D eigenvalue weighted by Crippen LogP contribution is -2.51. The number of amides is 1. The van der Waals surface area contributed by atoms with Crippen molar-refractivity contribution in [3.05, 3.63) is 100 Å². The number of anilines is 2. The van der Waals surface area contributed by atoms with Gasteiger partial charge in [-0.05, 0) is 80.7 Å². The van der Waals surface area contributed by atoms with Crippen molar-refractivity contribution in [3.8, 4) is 29.0 Å². The molecule has 1 aliphatic heterocycles. The van der Waals surface area contributed by atoms with E-state index in [4.69, 9.17) is 10.00 Å². The van der Waals surface area contributed by atoms with Gasteiger partial charge in [-0.2, -0.15) is 10.5 Å². The fraction of sp³-hybridized carbons (Fsp3) is 0.231. The zero-order valence-corrected chi connectivity index (χ0v) is 31.8. The molecule has 3 N–H and O–H groups in total. The minimum absolute atomic E-state index is 0.138. The molecule has 0 saturated carbocycles. The number of aromatic amines is 2. The predicted molar refractivity (Wildman–Crippen MR) is 209 cm³/mol. The van der Waals surface area contributed by atoms with Crippen molar-refractivity contribution in [2.24, 2.45) is 7.05 Å². The van der Waals surface area contributed by atoms with E-state index >= 15 is 0 Å². The van der Waals surface area contributed by atoms with Crippen LogP contribution < -0.4 is 19.9 Å². The molecule has 52 heavy (non-hydrogen) atoms. The first-order valence-electron chi connectivity index (χ1n) is 16.4. The van der Waals surface area contributed by atoms with Crippen LogP contribution in [0, 0.1) is 29.6 Å². The number of ether oxygens (including phenoxy) is 1. The molecule has 13 heteroatoms. The number of nitrogens with one attached hydrogen (secondary N) is 3. The van der Waals surface area contributed by atoms with E-state index in [0.29, 0.717) is 38.5 Å². The number of aryl methyl sites for hydroxylation is 2. The molecule has 11 nitrogen and oxygen atoms in total. The molecule has 0 fully saturated rings. The highest BCUT2D eigenvalue weighted by molar-refractivity contribution is 8.00. The van der Waals surface area contributed by atoms with Crippen molar-refractivity contribution >= 4 is 61.8 Å². The van der Waals surface area contributed by atoms with Crippen molar-refractivity contribution in [2.75, 3.05) is 22.9 Å². The second kappa shape index (κ2) is 15.2. The number of nitriles is 2. The van der Waals surface area contributed by atoms with Crippen molar-refractivity contribution < 1.29 is 13.7 Å². The molecule has 0 spiro atoms. The standard InChI is InChI=1S/C20H21N3O4S.C17H12N4S.C2H6/c1-20(2)19(25)23(4)15-9-11(28(5)26)8-13(17(15)27-20)14-10-22(3)18(24)16-12(14)6-7-21-16;1-11-5-6-15(17-16(11)13(9-19)10-20-17)21-22-14-4-2-3-12(7-14)8-18;1-2/h6-10,21H,1-5H3;2-7,10,20-21H,1H3;1-2H3. The van der Waals surface area contributed by atoms with Crippen molar-refractivity contribution in [1.82, 2.24) is 14.5 Å². The molecule has 4 heterocycles. The number of rotatable bonds is 5. The molecule has 0 saturated heterocycles. The van der Waals surface area contributed by atoms with Crippen LogP contribution in [0.3, 0.4) is 0 Å². The molecule has 1 aliphatic rings. The molecule has 3 aromatic carbocycles. The van der Waals surface area contributed by atoms with Gasteiger partial charge in [0, 0.05) is 81.4 Å². The summed E-state index contributed by atoms with van der Waals surface area (Å²) in [6.07, 6.45) is 6.77. The molecule has 7 rings (SSSR count). The van der Waals surface area contributed by atoms with Crippen LogP contribution in [0.15, 0.2) is 87.8 Å². The second-order valence-electron chi connectivity index (χ2n) is 12.3. The van der Waals surface area contributed by atoms with Gasteiger partial charge in [0.25, 0.3) is 11.5 Å². The average molecular weight is 734 g/mol. The predicted octanol–water partition coefficient (Wildman–Crippen LogP) is 7.77. The molecule has 0 radical (unpaired) electrons. The van der Waals surface area contributed by atoms with E-state index in [2.05, 4.69) is 26.8 Å². The van der Waals surface area contributed by atoms with E-state index in [0.717, 1.165) is 38.0 Å². The number of pyridine rings is 1. The van der Waals surface area contributed by atoms with Crippen LogP contribution in [0.25, 0.3) is 32.9 Å². The van der Waals surface area contributed by atoms with Crippen molar-refractivity contribution in [1.29, 1.82) is 10.5 Å². The van der Waals surface area contributed by atoms with Gasteiger partial charge in [-0.25, -0.2) is 0 Å². The number of hydrogen-bond acceptors (Lipinski definition) is 8. The molecule has 0 bridgehead atoms. The third-order valence-corrected chi connectivity index (χ3v) is 10.2. The maximum atomic E-state index is 12.7. The first-order chi connectivity index (χ1) is 24.8. The number of aromatic nitrogens is 3. The molecular formula is C39H39N7O4S2. The second-order valence-corrected chi connectivity index (χ2v) is 14.6. The van der Waals surface area contributed by atoms with Crippen LogP contribution in [-0.2, 0) is 22.6 Å². The number of likely N-dealkylation sites (N-methyl/N-ethyl adjacent to an activating group) is 1. The maximum absolute atomic E-state index is 12.7. The quantitative estimate of drug-likeness (QED) is 0.152. The number of hydrogen-bond donors (Lipinski definition) is 3. The summed E-state index contributed by atoms with van der Waals surface area (Å²) in [4.78, 5) is 34.3. The Balaban J connectivity index is 0.000000197. The summed E-state index contributed by atoms with van der Waals surface area (Å²) in [6.45, 7) is 9.43. The summed E-state index contributed by atoms with van der Waals surface area (Å²) in [5.74, 6) is 0.347. The van der Waals surface area contributed by atoms with Gasteiger partial charge in [0.1, 0.15) is 11.6 Å². The number of H-pyrrole nitrogens is 2. The molecule has 266 valence electrons. The molecule has 1 amide bonds. The lowest BCUT2D eigenvalue weighted by atomic mass is 9.98. The fourth-order valence-electron chi connectivity index (χ4n) is 5.94. The summed E-state index contributed by atoms with van der Waals surface area (Å²) in [6, 6.07) is 21.1. The Morgan fingerprint density at radius 2 is 1.71 bits per heavy atom. The molecule has 1 unspecified atom stereocenters. The van der Waals surface area contributed by atoms with Crippen LogP contribution in [-0.4, -0.2) is 43.6 Å². The molecule has 3 aromatic heterocycles. The fourth-order valence-corrected chi connectivity index (χ4v) is 7.23. The normalized spacial score (nSPS) is 13.4. The number of fused-ring (bicyclic) bond motifs is 3. The Hall–Kier alpha value is -5.76. The van der Waals surface area contributed by atoms with E-state index in [1.807, 2.05) is 57.2 Å². The topological polar surface area (TPSA) is 160 Å². The lowest BCUT2D eigenvalue weighted by Gasteiger charge is -2.38. The van der Waals surface area contributed by atoms with E-state index in [-0.39, 0.29) is 11.5 Å². The van der Waals surface area contributed by atoms with Crippen LogP contribution in [0.1, 0.15) is 44.4 Å². The van der Waals surface area contributed by atoms with Crippen LogP contribution in [0.4, 0.5) is 11.4 Å². The van der Waals surface area contributed by atoms with Crippen LogP contribution >= 0.6 is 11.9 Å². The summed E-state index contributed by atoms with van der Waals surface area (Å²) in [5, 5.41) is 19.8. The Morgan fingerprint density at radius 1 is 0.962 bits per heavy atom. The van der Waals surface area contributed by atoms with Gasteiger partial charge in [0.05, 0.1) is 34.1 Å². The third kappa shape index (κ3) is 7.06. The van der Waals surface area contributed by atoms with E-state index in [9.17, 15) is 19.1 Å². The highest BCUT2D eigenvalue weighted by atomic mass is 32.2. The van der Waals surface area contributed by atoms with Gasteiger partial charge in [0.2, 0.25) is 0 Å². The number of benzene rings is 3. The highest BCUT2D eigenvalue weighted by Crippen LogP contribution is 2.46. The number of carbonyl (C=O) groups excluding carboxylic acids is 1. The van der Waals surface area contributed by atoms with E-state index < -0.39 is 16.4 Å². The Bertz CT molecular complexity index is 2500. The molecular weight excluding hydrogens is 695 g/mol. The van der Waals surface area contributed by atoms with Gasteiger partial charge in [-0.15, -0.1) is 0 Å². The average Bonchev–Trinajstić information content (AvgIpc) is 3.82. The Labute approximate surface area is 308 Å². The molecule has 0 aliphatic carbocycles. The van der Waals surface area contributed by atoms with Gasteiger partial charge in [0.15, 0.2) is 11.4 Å². The molecule has 1 atom stereocenters. The Morgan fingerprint density at radius 3 is 2.40 bits per heavy atom. The molecule has 6 aromatic rings. The van der Waals surface area contributed by atoms with Crippen LogP contribution in [0.2, 0.25) is 0 Å². The zero-order valence-electron chi connectivity index (χ0n) is 30.2. The summed E-state index contributed by atoms with van der Waals surface area (Å²) >= 11 is 1.44. The first kappa shape index (κ1) is 37.5. The summed E-state index contributed by atoms with van der Waals surface area (Å²) in [7, 11) is 2.11. The van der Waals surface area contributed by atoms with Gasteiger partial charge >= 0.3 is 0 Å². The van der Waals surface area contributed by atoms with E-state index in [1.165, 1.54) is 21.4 Å². The first-order valence-corrected chi connectivity index (χ1v) is 18.8. The smallest absolute Gasteiger partial charge is 0.274 e. The van der Waals surface area contributed by atoms with Crippen molar-refractivity contribution in [2.45, 2.75) is 50.0 Å². The monoisotopic (exact) mass is 733 g/mol. The number of nitrogens with zero attached hydrogens (tertiary/aromatic N) is 4. The minimum Gasteiger partial charge on any atom is -0.475 e. The minimum atomic E-state index is -1.26. The van der Waals surface area contributed by atoms with Gasteiger partial charge in [-0.3, -0.25) is 13.8 Å². The summed E-state index contributed by atoms with van der Waals surface area (Å²) in [5.41, 5.74) is 5.49. The SMILES string of the molecule is CC.CN1C(=O)C(C)(C)Oc2c(-c3cn(C)c(=O)c4[nH]ccc34)cc(S(C)=O)cc21.Cc1ccc(NSc2cccc(C#N)c2)c2[nH]cc(C#N)c12. The number of carbonyl (C=O) groups is 1. The van der Waals surface area contributed by atoms with Gasteiger partial charge in [-0.1, -0.05) is 26.0 Å². The zero-order chi connectivity index (χ0) is 37.9. The maximum Gasteiger partial charge on any atom is 0.274 e. The van der Waals surface area contributed by atoms with Crippen molar-refractivity contribution in [3.63, 3.8) is 0 Å². The van der Waals surface area contributed by atoms with Gasteiger partial charge < -0.3 is 28.9 Å². The van der Waals surface area contributed by atoms with Crippen LogP contribution in [0.5, 0.6) is 5.75 Å². The summed E-state index contributed by atoms with van der Waals surface area (Å²) < 4.78 is 23.2. The third-order valence-electron chi connectivity index (χ3n) is 8.50.